The molecule has 2 aliphatic heterocycles. The summed E-state index contributed by atoms with van der Waals surface area (Å²) in [6, 6.07) is 15.6. The predicted octanol–water partition coefficient (Wildman–Crippen LogP) is 5.37. The van der Waals surface area contributed by atoms with Gasteiger partial charge in [-0.15, -0.1) is 5.10 Å². The van der Waals surface area contributed by atoms with E-state index >= 15 is 0 Å². The summed E-state index contributed by atoms with van der Waals surface area (Å²) in [6.07, 6.45) is 15.3. The highest BCUT2D eigenvalue weighted by Crippen LogP contribution is 2.59. The van der Waals surface area contributed by atoms with Crippen LogP contribution in [0.5, 0.6) is 0 Å². The first-order valence-electron chi connectivity index (χ1n) is 19.6. The Kier molecular flexibility index (Phi) is 9.17. The molecule has 1 aromatic carbocycles. The quantitative estimate of drug-likeness (QED) is 0.187. The van der Waals surface area contributed by atoms with E-state index in [9.17, 15) is 20.1 Å². The van der Waals surface area contributed by atoms with E-state index in [0.717, 1.165) is 49.2 Å². The Morgan fingerprint density at radius 2 is 1.88 bits per heavy atom. The van der Waals surface area contributed by atoms with Gasteiger partial charge >= 0.3 is 6.03 Å². The Morgan fingerprint density at radius 1 is 1.04 bits per heavy atom. The zero-order chi connectivity index (χ0) is 38.4. The Morgan fingerprint density at radius 3 is 2.64 bits per heavy atom. The average molecular weight is 750 g/mol. The van der Waals surface area contributed by atoms with Crippen LogP contribution in [0.3, 0.4) is 0 Å². The lowest BCUT2D eigenvalue weighted by Gasteiger charge is -2.34. The highest BCUT2D eigenvalue weighted by atomic mass is 16.2. The molecule has 3 amide bonds. The largest absolute Gasteiger partial charge is 0.368 e. The number of amides is 3. The van der Waals surface area contributed by atoms with Crippen LogP contribution < -0.4 is 15.5 Å². The maximum atomic E-state index is 12.3. The number of carbonyl (C=O) groups excluding carboxylic acids is 2. The van der Waals surface area contributed by atoms with Gasteiger partial charge in [0.25, 0.3) is 0 Å². The number of urea groups is 1. The van der Waals surface area contributed by atoms with Gasteiger partial charge in [-0.25, -0.2) is 19.4 Å². The van der Waals surface area contributed by atoms with Gasteiger partial charge < -0.3 is 10.2 Å². The van der Waals surface area contributed by atoms with Crippen molar-refractivity contribution in [3.05, 3.63) is 78.0 Å². The summed E-state index contributed by atoms with van der Waals surface area (Å²) >= 11 is 0. The number of imide groups is 1. The van der Waals surface area contributed by atoms with Crippen LogP contribution in [-0.2, 0) is 10.2 Å². The lowest BCUT2D eigenvalue weighted by atomic mass is 9.79. The Balaban J connectivity index is 0.787. The smallest absolute Gasteiger partial charge is 0.328 e. The molecule has 2 aliphatic carbocycles. The molecular formula is C41H43N13O2. The molecule has 56 heavy (non-hydrogen) atoms. The number of piperidine rings is 1. The van der Waals surface area contributed by atoms with Crippen LogP contribution in [0.25, 0.3) is 22.5 Å². The first-order valence-corrected chi connectivity index (χ1v) is 19.6. The first kappa shape index (κ1) is 35.5. The van der Waals surface area contributed by atoms with Gasteiger partial charge in [0.1, 0.15) is 17.8 Å². The van der Waals surface area contributed by atoms with Gasteiger partial charge in [-0.3, -0.25) is 15.0 Å². The van der Waals surface area contributed by atoms with E-state index in [4.69, 9.17) is 0 Å². The highest BCUT2D eigenvalue weighted by molar-refractivity contribution is 6.05. The third-order valence-corrected chi connectivity index (χ3v) is 12.5. The molecular weight excluding hydrogens is 707 g/mol. The molecule has 2 N–H and O–H groups in total. The number of aromatic nitrogens is 7. The Labute approximate surface area is 324 Å². The molecule has 2 unspecified atom stereocenters. The molecule has 4 fully saturated rings. The minimum Gasteiger partial charge on any atom is -0.368 e. The second-order valence-corrected chi connectivity index (χ2v) is 15.9. The molecule has 2 saturated carbocycles. The molecule has 0 bridgehead atoms. The number of nitrogens with zero attached hydrogens (tertiary/aromatic N) is 11. The zero-order valence-electron chi connectivity index (χ0n) is 31.3. The lowest BCUT2D eigenvalue weighted by molar-refractivity contribution is -0.120. The summed E-state index contributed by atoms with van der Waals surface area (Å²) in [7, 11) is 0. The third kappa shape index (κ3) is 6.73. The number of hydrogen-bond donors (Lipinski definition) is 2. The van der Waals surface area contributed by atoms with Crippen LogP contribution in [-0.4, -0.2) is 83.8 Å². The maximum absolute atomic E-state index is 12.3. The fraction of sp³-hybridized carbons (Fsp3) is 0.439. The van der Waals surface area contributed by atoms with Crippen LogP contribution in [0.4, 0.5) is 16.2 Å². The van der Waals surface area contributed by atoms with E-state index < -0.39 is 6.04 Å². The molecule has 6 heterocycles. The van der Waals surface area contributed by atoms with Gasteiger partial charge in [-0.2, -0.15) is 20.3 Å². The number of carbonyl (C=O) groups is 2. The SMILES string of the molecule is C[C@H](C#N)Nc1cc(-n2ncc3cc(C#N)cnc32)ncc1-n1cc(C2CCC(CCN3CCC4(c5ccc(N6CCC(=O)NC6=O)cc5)CC4C3)CC2)nn1. The van der Waals surface area contributed by atoms with Crippen LogP contribution in [0.15, 0.2) is 61.2 Å². The number of pyridine rings is 2. The fourth-order valence-corrected chi connectivity index (χ4v) is 9.13. The molecule has 284 valence electrons. The van der Waals surface area contributed by atoms with Gasteiger partial charge in [0, 0.05) is 54.2 Å². The highest BCUT2D eigenvalue weighted by Gasteiger charge is 2.57. The second-order valence-electron chi connectivity index (χ2n) is 15.9. The van der Waals surface area contributed by atoms with Gasteiger partial charge in [0.2, 0.25) is 5.91 Å². The molecule has 0 radical (unpaired) electrons. The van der Waals surface area contributed by atoms with E-state index in [1.165, 1.54) is 43.9 Å². The monoisotopic (exact) mass is 749 g/mol. The number of likely N-dealkylation sites (tertiary alicyclic amines) is 1. The molecule has 3 atom stereocenters. The fourth-order valence-electron chi connectivity index (χ4n) is 9.13. The van der Waals surface area contributed by atoms with Crippen molar-refractivity contribution in [1.29, 1.82) is 10.5 Å². The zero-order valence-corrected chi connectivity index (χ0v) is 31.3. The van der Waals surface area contributed by atoms with Gasteiger partial charge in [-0.05, 0) is 101 Å². The van der Waals surface area contributed by atoms with Crippen molar-refractivity contribution in [2.24, 2.45) is 11.8 Å². The summed E-state index contributed by atoms with van der Waals surface area (Å²) in [4.78, 5) is 37.3. The molecule has 2 saturated heterocycles. The van der Waals surface area contributed by atoms with Crippen molar-refractivity contribution in [2.45, 2.75) is 75.7 Å². The summed E-state index contributed by atoms with van der Waals surface area (Å²) in [5.41, 5.74) is 5.86. The molecule has 4 aliphatic rings. The molecule has 4 aromatic heterocycles. The molecule has 9 rings (SSSR count). The number of hydrogen-bond acceptors (Lipinski definition) is 11. The molecule has 15 nitrogen and oxygen atoms in total. The minimum absolute atomic E-state index is 0.212. The van der Waals surface area contributed by atoms with Crippen molar-refractivity contribution >= 4 is 34.3 Å². The van der Waals surface area contributed by atoms with E-state index in [1.54, 1.807) is 39.6 Å². The number of rotatable bonds is 10. The van der Waals surface area contributed by atoms with Crippen molar-refractivity contribution < 1.29 is 9.59 Å². The van der Waals surface area contributed by atoms with Crippen molar-refractivity contribution in [2.75, 3.05) is 36.4 Å². The predicted molar refractivity (Wildman–Crippen MR) is 207 cm³/mol. The molecule has 0 spiro atoms. The average Bonchev–Trinajstić information content (AvgIpc) is 3.50. The third-order valence-electron chi connectivity index (χ3n) is 12.5. The van der Waals surface area contributed by atoms with Crippen LogP contribution in [0, 0.1) is 34.5 Å². The van der Waals surface area contributed by atoms with Gasteiger partial charge in [0.15, 0.2) is 11.5 Å². The Bertz CT molecular complexity index is 2380. The maximum Gasteiger partial charge on any atom is 0.328 e. The van der Waals surface area contributed by atoms with Gasteiger partial charge in [0.05, 0.1) is 41.6 Å². The van der Waals surface area contributed by atoms with E-state index in [-0.39, 0.29) is 17.4 Å². The number of nitrogens with one attached hydrogen (secondary N) is 2. The molecule has 5 aromatic rings. The molecule has 15 heteroatoms. The lowest BCUT2D eigenvalue weighted by Crippen LogP contribution is -2.49. The minimum atomic E-state index is -0.464. The van der Waals surface area contributed by atoms with Gasteiger partial charge in [-0.1, -0.05) is 17.3 Å². The van der Waals surface area contributed by atoms with Crippen LogP contribution >= 0.6 is 0 Å². The standard InChI is InChI=1S/C41H43N13O2/c1-26(19-42)47-34-17-37(54-39-30(22-46-54)16-28(20-43)21-45-39)44-23-36(34)53-25-35(49-50-53)29-4-2-27(3-5-29)10-13-51-15-12-41(18-32(41)24-51)31-6-8-33(9-7-31)52-14-11-38(55)48-40(52)56/h6-9,16-17,21-23,25-27,29,32H,2-5,10-15,18,24H2,1H3,(H,44,47)(H,48,55,56)/t26-,27?,29?,32?,41?/m1/s1. The van der Waals surface area contributed by atoms with Crippen molar-refractivity contribution in [3.63, 3.8) is 0 Å². The number of nitriles is 2. The van der Waals surface area contributed by atoms with E-state index in [0.29, 0.717) is 59.1 Å². The normalized spacial score (nSPS) is 24.2. The summed E-state index contributed by atoms with van der Waals surface area (Å²) < 4.78 is 3.35. The summed E-state index contributed by atoms with van der Waals surface area (Å²) in [5, 5.41) is 38.8. The Hall–Kier alpha value is -6.19. The first-order chi connectivity index (χ1) is 27.3. The van der Waals surface area contributed by atoms with E-state index in [1.807, 2.05) is 24.4 Å². The summed E-state index contributed by atoms with van der Waals surface area (Å²) in [5.74, 6) is 2.05. The number of benzene rings is 1. The van der Waals surface area contributed by atoms with E-state index in [2.05, 4.69) is 65.2 Å². The van der Waals surface area contributed by atoms with Crippen molar-refractivity contribution in [3.8, 4) is 23.6 Å². The second kappa shape index (κ2) is 14.5. The van der Waals surface area contributed by atoms with Crippen LogP contribution in [0.1, 0.15) is 81.0 Å². The van der Waals surface area contributed by atoms with Crippen LogP contribution in [0.2, 0.25) is 0 Å². The summed E-state index contributed by atoms with van der Waals surface area (Å²) in [6.45, 7) is 5.62. The number of anilines is 2. The topological polar surface area (TPSA) is 187 Å². The number of fused-ring (bicyclic) bond motifs is 2. The van der Waals surface area contributed by atoms with Crippen molar-refractivity contribution in [1.82, 2.24) is 45.0 Å².